The molecule has 2 aromatic carbocycles. The molecule has 7 nitrogen and oxygen atoms in total. The van der Waals surface area contributed by atoms with Gasteiger partial charge in [0, 0.05) is 0 Å². The standard InChI is InChI=1S/C24H29NO6/c1-29-22-13-11-21(12-14-22)25(20-5-3-2-4-6-20)24(28)31-16-19-9-7-18(8-10-19)15-30-17-23(26)27/h2-6,11-14,18-19H,7-10,15-17H2,1H3,(H,26,27). The third kappa shape index (κ3) is 6.72. The Kier molecular flexibility index (Phi) is 8.29. The molecule has 0 atom stereocenters. The predicted octanol–water partition coefficient (Wildman–Crippen LogP) is 4.88. The number of carboxylic acid groups (broad SMARTS) is 1. The maximum Gasteiger partial charge on any atom is 0.418 e. The van der Waals surface area contributed by atoms with Gasteiger partial charge in [-0.05, 0) is 73.9 Å². The van der Waals surface area contributed by atoms with Gasteiger partial charge in [-0.3, -0.25) is 0 Å². The van der Waals surface area contributed by atoms with Gasteiger partial charge in [0.25, 0.3) is 0 Å². The lowest BCUT2D eigenvalue weighted by atomic mass is 9.83. The van der Waals surface area contributed by atoms with Crippen molar-refractivity contribution in [3.05, 3.63) is 54.6 Å². The summed E-state index contributed by atoms with van der Waals surface area (Å²) in [6.45, 7) is 0.581. The first-order chi connectivity index (χ1) is 15.1. The Labute approximate surface area is 182 Å². The highest BCUT2D eigenvalue weighted by Crippen LogP contribution is 2.31. The van der Waals surface area contributed by atoms with E-state index in [1.807, 2.05) is 54.6 Å². The third-order valence-corrected chi connectivity index (χ3v) is 5.52. The van der Waals surface area contributed by atoms with Crippen LogP contribution in [-0.4, -0.2) is 44.1 Å². The van der Waals surface area contributed by atoms with Gasteiger partial charge in [0.15, 0.2) is 0 Å². The first-order valence-electron chi connectivity index (χ1n) is 10.5. The van der Waals surface area contributed by atoms with E-state index in [1.54, 1.807) is 12.0 Å². The van der Waals surface area contributed by atoms with E-state index in [-0.39, 0.29) is 6.61 Å². The van der Waals surface area contributed by atoms with Crippen LogP contribution in [0.5, 0.6) is 5.75 Å². The van der Waals surface area contributed by atoms with Crippen molar-refractivity contribution in [3.8, 4) is 5.75 Å². The Morgan fingerprint density at radius 3 is 2.06 bits per heavy atom. The fourth-order valence-corrected chi connectivity index (χ4v) is 3.80. The lowest BCUT2D eigenvalue weighted by molar-refractivity contribution is -0.142. The smallest absolute Gasteiger partial charge is 0.418 e. The molecule has 31 heavy (non-hydrogen) atoms. The second-order valence-electron chi connectivity index (χ2n) is 7.74. The molecule has 2 aromatic rings. The normalized spacial score (nSPS) is 18.2. The van der Waals surface area contributed by atoms with E-state index in [1.165, 1.54) is 0 Å². The highest BCUT2D eigenvalue weighted by Gasteiger charge is 2.25. The van der Waals surface area contributed by atoms with E-state index in [0.29, 0.717) is 36.5 Å². The average molecular weight is 427 g/mol. The summed E-state index contributed by atoms with van der Waals surface area (Å²) in [6.07, 6.45) is 3.35. The van der Waals surface area contributed by atoms with E-state index < -0.39 is 12.1 Å². The number of rotatable bonds is 9. The number of carboxylic acids is 1. The molecule has 1 fully saturated rings. The van der Waals surface area contributed by atoms with Crippen molar-refractivity contribution in [3.63, 3.8) is 0 Å². The fraction of sp³-hybridized carbons (Fsp3) is 0.417. The Morgan fingerprint density at radius 2 is 1.48 bits per heavy atom. The summed E-state index contributed by atoms with van der Waals surface area (Å²) in [5.41, 5.74) is 1.44. The van der Waals surface area contributed by atoms with Crippen LogP contribution in [0.2, 0.25) is 0 Å². The average Bonchev–Trinajstić information content (AvgIpc) is 2.80. The van der Waals surface area contributed by atoms with Crippen LogP contribution in [0.4, 0.5) is 16.2 Å². The lowest BCUT2D eigenvalue weighted by Crippen LogP contribution is -2.30. The van der Waals surface area contributed by atoms with Crippen molar-refractivity contribution >= 4 is 23.4 Å². The molecular weight excluding hydrogens is 398 g/mol. The van der Waals surface area contributed by atoms with Crippen molar-refractivity contribution in [2.24, 2.45) is 11.8 Å². The van der Waals surface area contributed by atoms with Crippen molar-refractivity contribution in [2.75, 3.05) is 31.8 Å². The Bertz CT molecular complexity index is 831. The summed E-state index contributed by atoms with van der Waals surface area (Å²) in [6, 6.07) is 16.7. The van der Waals surface area contributed by atoms with Crippen molar-refractivity contribution in [2.45, 2.75) is 25.7 Å². The maximum atomic E-state index is 13.0. The van der Waals surface area contributed by atoms with E-state index in [9.17, 15) is 9.59 Å². The minimum absolute atomic E-state index is 0.252. The highest BCUT2D eigenvalue weighted by atomic mass is 16.6. The number of hydrogen-bond acceptors (Lipinski definition) is 5. The summed E-state index contributed by atoms with van der Waals surface area (Å²) >= 11 is 0. The monoisotopic (exact) mass is 427 g/mol. The predicted molar refractivity (Wildman–Crippen MR) is 117 cm³/mol. The van der Waals surface area contributed by atoms with E-state index in [0.717, 1.165) is 31.4 Å². The third-order valence-electron chi connectivity index (χ3n) is 5.52. The number of hydrogen-bond donors (Lipinski definition) is 1. The Morgan fingerprint density at radius 1 is 0.903 bits per heavy atom. The van der Waals surface area contributed by atoms with Crippen LogP contribution < -0.4 is 9.64 Å². The maximum absolute atomic E-state index is 13.0. The minimum atomic E-state index is -0.944. The molecule has 0 unspecified atom stereocenters. The van der Waals surface area contributed by atoms with Gasteiger partial charge in [-0.15, -0.1) is 0 Å². The number of ether oxygens (including phenoxy) is 3. The second kappa shape index (κ2) is 11.4. The van der Waals surface area contributed by atoms with Crippen molar-refractivity contribution < 1.29 is 28.9 Å². The summed E-state index contributed by atoms with van der Waals surface area (Å²) in [5.74, 6) is 0.439. The summed E-state index contributed by atoms with van der Waals surface area (Å²) in [4.78, 5) is 25.1. The molecule has 0 bridgehead atoms. The quantitative estimate of drug-likeness (QED) is 0.614. The Balaban J connectivity index is 1.56. The van der Waals surface area contributed by atoms with Gasteiger partial charge in [0.1, 0.15) is 12.4 Å². The largest absolute Gasteiger partial charge is 0.497 e. The van der Waals surface area contributed by atoms with Gasteiger partial charge < -0.3 is 19.3 Å². The highest BCUT2D eigenvalue weighted by molar-refractivity contribution is 5.96. The van der Waals surface area contributed by atoms with Gasteiger partial charge in [-0.2, -0.15) is 0 Å². The SMILES string of the molecule is COc1ccc(N(C(=O)OCC2CCC(COCC(=O)O)CC2)c2ccccc2)cc1. The zero-order valence-electron chi connectivity index (χ0n) is 17.7. The number of benzene rings is 2. The fourth-order valence-electron chi connectivity index (χ4n) is 3.80. The number of aliphatic carboxylic acids is 1. The Hall–Kier alpha value is -3.06. The zero-order chi connectivity index (χ0) is 22.1. The van der Waals surface area contributed by atoms with E-state index in [4.69, 9.17) is 19.3 Å². The number of carbonyl (C=O) groups excluding carboxylic acids is 1. The molecule has 1 saturated carbocycles. The van der Waals surface area contributed by atoms with E-state index in [2.05, 4.69) is 0 Å². The molecule has 1 N–H and O–H groups in total. The first-order valence-corrected chi connectivity index (χ1v) is 10.5. The van der Waals surface area contributed by atoms with Crippen LogP contribution >= 0.6 is 0 Å². The summed E-state index contributed by atoms with van der Waals surface area (Å²) in [5, 5.41) is 8.66. The number of methoxy groups -OCH3 is 1. The molecule has 3 rings (SSSR count). The van der Waals surface area contributed by atoms with Crippen LogP contribution in [0.3, 0.4) is 0 Å². The molecular formula is C24H29NO6. The molecule has 0 spiro atoms. The topological polar surface area (TPSA) is 85.3 Å². The molecule has 1 aliphatic rings. The molecule has 7 heteroatoms. The van der Waals surface area contributed by atoms with Gasteiger partial charge in [-0.25, -0.2) is 14.5 Å². The zero-order valence-corrected chi connectivity index (χ0v) is 17.7. The van der Waals surface area contributed by atoms with Crippen LogP contribution in [0, 0.1) is 11.8 Å². The van der Waals surface area contributed by atoms with Crippen molar-refractivity contribution in [1.29, 1.82) is 0 Å². The molecule has 0 radical (unpaired) electrons. The van der Waals surface area contributed by atoms with Crippen LogP contribution in [0.25, 0.3) is 0 Å². The molecule has 1 aliphatic carbocycles. The van der Waals surface area contributed by atoms with E-state index >= 15 is 0 Å². The van der Waals surface area contributed by atoms with Gasteiger partial charge in [0.05, 0.1) is 31.7 Å². The van der Waals surface area contributed by atoms with Crippen LogP contribution in [0.1, 0.15) is 25.7 Å². The first kappa shape index (κ1) is 22.6. The van der Waals surface area contributed by atoms with Gasteiger partial charge in [0.2, 0.25) is 0 Å². The molecule has 0 aliphatic heterocycles. The lowest BCUT2D eigenvalue weighted by Gasteiger charge is -2.29. The summed E-state index contributed by atoms with van der Waals surface area (Å²) in [7, 11) is 1.60. The van der Waals surface area contributed by atoms with Gasteiger partial charge in [-0.1, -0.05) is 18.2 Å². The number of para-hydroxylation sites is 1. The molecule has 166 valence electrons. The molecule has 0 heterocycles. The number of nitrogens with zero attached hydrogens (tertiary/aromatic N) is 1. The van der Waals surface area contributed by atoms with Crippen molar-refractivity contribution in [1.82, 2.24) is 0 Å². The molecule has 0 saturated heterocycles. The minimum Gasteiger partial charge on any atom is -0.497 e. The number of carbonyl (C=O) groups is 2. The summed E-state index contributed by atoms with van der Waals surface area (Å²) < 4.78 is 16.1. The second-order valence-corrected chi connectivity index (χ2v) is 7.74. The number of anilines is 2. The number of amides is 1. The molecule has 0 aromatic heterocycles. The molecule has 1 amide bonds. The van der Waals surface area contributed by atoms with Gasteiger partial charge >= 0.3 is 12.1 Å². The van der Waals surface area contributed by atoms with Crippen LogP contribution in [-0.2, 0) is 14.3 Å². The van der Waals surface area contributed by atoms with Crippen LogP contribution in [0.15, 0.2) is 54.6 Å².